The summed E-state index contributed by atoms with van der Waals surface area (Å²) in [4.78, 5) is 13.1. The van der Waals surface area contributed by atoms with Gasteiger partial charge >= 0.3 is 0 Å². The van der Waals surface area contributed by atoms with Crippen LogP contribution in [0.3, 0.4) is 0 Å². The Morgan fingerprint density at radius 3 is 2.60 bits per heavy atom. The van der Waals surface area contributed by atoms with Gasteiger partial charge in [0.25, 0.3) is 0 Å². The summed E-state index contributed by atoms with van der Waals surface area (Å²) in [6.07, 6.45) is 1.09. The van der Waals surface area contributed by atoms with Crippen molar-refractivity contribution in [3.05, 3.63) is 0 Å². The van der Waals surface area contributed by atoms with Crippen molar-refractivity contribution in [3.8, 4) is 0 Å². The van der Waals surface area contributed by atoms with E-state index in [4.69, 9.17) is 11.6 Å². The van der Waals surface area contributed by atoms with Crippen LogP contribution in [-0.4, -0.2) is 54.6 Å². The monoisotopic (exact) mass is 236 g/mol. The van der Waals surface area contributed by atoms with Crippen LogP contribution in [0.2, 0.25) is 0 Å². The zero-order chi connectivity index (χ0) is 11.9. The third-order valence-corrected chi connectivity index (χ3v) is 2.13. The van der Waals surface area contributed by atoms with Gasteiger partial charge in [-0.25, -0.2) is 0 Å². The third kappa shape index (κ3) is 8.66. The molecule has 0 aliphatic carbocycles. The lowest BCUT2D eigenvalue weighted by Crippen LogP contribution is -2.47. The number of nitrogens with zero attached hydrogens (tertiary/aromatic N) is 1. The van der Waals surface area contributed by atoms with Crippen molar-refractivity contribution in [2.24, 2.45) is 0 Å². The molecule has 0 spiro atoms. The summed E-state index contributed by atoms with van der Waals surface area (Å²) in [5.74, 6) is 0.427. The maximum absolute atomic E-state index is 11.2. The molecule has 1 atom stereocenters. The molecule has 5 heteroatoms. The van der Waals surface area contributed by atoms with Gasteiger partial charge in [-0.3, -0.25) is 4.79 Å². The van der Waals surface area contributed by atoms with Crippen molar-refractivity contribution in [2.45, 2.75) is 25.4 Å². The molecule has 0 aliphatic rings. The summed E-state index contributed by atoms with van der Waals surface area (Å²) < 4.78 is 0. The summed E-state index contributed by atoms with van der Waals surface area (Å²) in [5.41, 5.74) is -0.889. The van der Waals surface area contributed by atoms with Crippen LogP contribution >= 0.6 is 11.6 Å². The number of nitrogens with one attached hydrogen (secondary N) is 1. The Kier molecular flexibility index (Phi) is 6.89. The van der Waals surface area contributed by atoms with E-state index in [1.807, 2.05) is 19.0 Å². The van der Waals surface area contributed by atoms with E-state index in [-0.39, 0.29) is 12.5 Å². The van der Waals surface area contributed by atoms with Gasteiger partial charge in [-0.05, 0) is 27.4 Å². The summed E-state index contributed by atoms with van der Waals surface area (Å²) in [6, 6.07) is 0. The molecule has 4 nitrogen and oxygen atoms in total. The first-order valence-electron chi connectivity index (χ1n) is 5.07. The number of halogens is 1. The van der Waals surface area contributed by atoms with Crippen molar-refractivity contribution in [2.75, 3.05) is 33.1 Å². The number of carbonyl (C=O) groups excluding carboxylic acids is 1. The Hall–Kier alpha value is -0.320. The van der Waals surface area contributed by atoms with Crippen molar-refractivity contribution < 1.29 is 9.90 Å². The number of rotatable bonds is 7. The molecule has 0 heterocycles. The predicted molar refractivity (Wildman–Crippen MR) is 62.1 cm³/mol. The Labute approximate surface area is 96.6 Å². The van der Waals surface area contributed by atoms with Gasteiger partial charge in [-0.15, -0.1) is 11.6 Å². The fourth-order valence-corrected chi connectivity index (χ4v) is 1.48. The Morgan fingerprint density at radius 2 is 2.13 bits per heavy atom. The van der Waals surface area contributed by atoms with Crippen LogP contribution in [0.15, 0.2) is 0 Å². The predicted octanol–water partition coefficient (Wildman–Crippen LogP) is 0.434. The van der Waals surface area contributed by atoms with Gasteiger partial charge in [0.15, 0.2) is 0 Å². The number of hydrogen-bond acceptors (Lipinski definition) is 3. The smallest absolute Gasteiger partial charge is 0.220 e. The van der Waals surface area contributed by atoms with E-state index < -0.39 is 5.60 Å². The highest BCUT2D eigenvalue weighted by Crippen LogP contribution is 2.02. The fourth-order valence-electron chi connectivity index (χ4n) is 1.34. The maximum Gasteiger partial charge on any atom is 0.220 e. The minimum atomic E-state index is -0.889. The second-order valence-corrected chi connectivity index (χ2v) is 4.68. The van der Waals surface area contributed by atoms with Crippen LogP contribution in [0.5, 0.6) is 0 Å². The fraction of sp³-hybridized carbons (Fsp3) is 0.900. The number of hydrogen-bond donors (Lipinski definition) is 2. The molecule has 0 aromatic heterocycles. The average Bonchev–Trinajstić information content (AvgIpc) is 2.09. The van der Waals surface area contributed by atoms with E-state index in [0.29, 0.717) is 25.3 Å². The van der Waals surface area contributed by atoms with E-state index in [1.165, 1.54) is 0 Å². The Balaban J connectivity index is 3.77. The van der Waals surface area contributed by atoms with Gasteiger partial charge in [0, 0.05) is 25.4 Å². The van der Waals surface area contributed by atoms with E-state index in [0.717, 1.165) is 0 Å². The average molecular weight is 237 g/mol. The van der Waals surface area contributed by atoms with Crippen molar-refractivity contribution in [1.82, 2.24) is 10.2 Å². The molecule has 0 fully saturated rings. The standard InChI is InChI=1S/C10H21ClN2O2/c1-10(15,8-13(2)3)7-12-9(14)5-4-6-11/h15H,4-8H2,1-3H3,(H,12,14). The highest BCUT2D eigenvalue weighted by Gasteiger charge is 2.21. The van der Waals surface area contributed by atoms with Gasteiger partial charge in [-0.2, -0.15) is 0 Å². The van der Waals surface area contributed by atoms with Crippen LogP contribution in [0, 0.1) is 0 Å². The Morgan fingerprint density at radius 1 is 1.53 bits per heavy atom. The molecular formula is C10H21ClN2O2. The zero-order valence-electron chi connectivity index (χ0n) is 9.72. The molecule has 0 radical (unpaired) electrons. The number of alkyl halides is 1. The number of amides is 1. The van der Waals surface area contributed by atoms with Crippen molar-refractivity contribution in [3.63, 3.8) is 0 Å². The first-order chi connectivity index (χ1) is 6.87. The summed E-state index contributed by atoms with van der Waals surface area (Å²) in [5, 5.41) is 12.6. The first kappa shape index (κ1) is 14.7. The summed E-state index contributed by atoms with van der Waals surface area (Å²) in [7, 11) is 3.76. The molecule has 0 rings (SSSR count). The molecule has 0 aromatic carbocycles. The minimum Gasteiger partial charge on any atom is -0.387 e. The van der Waals surface area contributed by atoms with Crippen LogP contribution in [0.4, 0.5) is 0 Å². The quantitative estimate of drug-likeness (QED) is 0.631. The molecule has 2 N–H and O–H groups in total. The molecule has 90 valence electrons. The van der Waals surface area contributed by atoms with Gasteiger partial charge in [0.2, 0.25) is 5.91 Å². The van der Waals surface area contributed by atoms with Crippen LogP contribution in [0.1, 0.15) is 19.8 Å². The van der Waals surface area contributed by atoms with E-state index in [1.54, 1.807) is 6.92 Å². The first-order valence-corrected chi connectivity index (χ1v) is 5.60. The second kappa shape index (κ2) is 7.04. The largest absolute Gasteiger partial charge is 0.387 e. The number of aliphatic hydroxyl groups is 1. The zero-order valence-corrected chi connectivity index (χ0v) is 10.5. The Bertz CT molecular complexity index is 196. The molecular weight excluding hydrogens is 216 g/mol. The topological polar surface area (TPSA) is 52.6 Å². The SMILES string of the molecule is CN(C)CC(C)(O)CNC(=O)CCCCl. The molecule has 0 bridgehead atoms. The van der Waals surface area contributed by atoms with Crippen LogP contribution in [-0.2, 0) is 4.79 Å². The molecule has 0 aliphatic heterocycles. The molecule has 0 saturated heterocycles. The van der Waals surface area contributed by atoms with Crippen molar-refractivity contribution in [1.29, 1.82) is 0 Å². The normalized spacial score (nSPS) is 15.1. The molecule has 1 unspecified atom stereocenters. The second-order valence-electron chi connectivity index (χ2n) is 4.30. The lowest BCUT2D eigenvalue weighted by Gasteiger charge is -2.27. The van der Waals surface area contributed by atoms with E-state index in [2.05, 4.69) is 5.32 Å². The third-order valence-electron chi connectivity index (χ3n) is 1.86. The van der Waals surface area contributed by atoms with Gasteiger partial charge in [0.1, 0.15) is 0 Å². The van der Waals surface area contributed by atoms with E-state index in [9.17, 15) is 9.90 Å². The highest BCUT2D eigenvalue weighted by molar-refractivity contribution is 6.17. The van der Waals surface area contributed by atoms with Crippen LogP contribution in [0.25, 0.3) is 0 Å². The molecule has 0 aromatic rings. The van der Waals surface area contributed by atoms with Crippen LogP contribution < -0.4 is 5.32 Å². The highest BCUT2D eigenvalue weighted by atomic mass is 35.5. The number of carbonyl (C=O) groups is 1. The van der Waals surface area contributed by atoms with Gasteiger partial charge in [0.05, 0.1) is 5.60 Å². The molecule has 0 saturated carbocycles. The van der Waals surface area contributed by atoms with E-state index >= 15 is 0 Å². The van der Waals surface area contributed by atoms with Gasteiger partial charge < -0.3 is 15.3 Å². The summed E-state index contributed by atoms with van der Waals surface area (Å²) in [6.45, 7) is 2.49. The lowest BCUT2D eigenvalue weighted by atomic mass is 10.1. The minimum absolute atomic E-state index is 0.0605. The number of likely N-dealkylation sites (N-methyl/N-ethyl adjacent to an activating group) is 1. The van der Waals surface area contributed by atoms with Gasteiger partial charge in [-0.1, -0.05) is 0 Å². The maximum atomic E-state index is 11.2. The molecule has 15 heavy (non-hydrogen) atoms. The molecule has 1 amide bonds. The van der Waals surface area contributed by atoms with Crippen molar-refractivity contribution >= 4 is 17.5 Å². The lowest BCUT2D eigenvalue weighted by molar-refractivity contribution is -0.122. The summed E-state index contributed by atoms with van der Waals surface area (Å²) >= 11 is 5.47.